The SMILES string of the molecule is O=C(O)N1CCN(Cc2ccc(-c3ccc(C(O)(C(F)(F)F)C(F)(F)F)cc3)cc2)CC1. The normalized spacial score (nSPS) is 16.3. The van der Waals surface area contributed by atoms with E-state index in [2.05, 4.69) is 4.90 Å². The number of carboxylic acid groups (broad SMARTS) is 1. The molecule has 0 spiro atoms. The topological polar surface area (TPSA) is 64.0 Å². The summed E-state index contributed by atoms with van der Waals surface area (Å²) in [4.78, 5) is 14.4. The van der Waals surface area contributed by atoms with Crippen molar-refractivity contribution in [1.82, 2.24) is 9.80 Å². The first-order valence-corrected chi connectivity index (χ1v) is 9.59. The van der Waals surface area contributed by atoms with Gasteiger partial charge in [0.2, 0.25) is 0 Å². The minimum atomic E-state index is -5.93. The zero-order chi connectivity index (χ0) is 23.7. The smallest absolute Gasteiger partial charge is 0.430 e. The van der Waals surface area contributed by atoms with Crippen molar-refractivity contribution < 1.29 is 41.4 Å². The van der Waals surface area contributed by atoms with Crippen LogP contribution in [0.3, 0.4) is 0 Å². The lowest BCUT2D eigenvalue weighted by Crippen LogP contribution is -2.53. The van der Waals surface area contributed by atoms with Gasteiger partial charge in [-0.1, -0.05) is 48.5 Å². The van der Waals surface area contributed by atoms with Crippen molar-refractivity contribution >= 4 is 6.09 Å². The molecule has 1 aliphatic heterocycles. The molecule has 1 fully saturated rings. The Morgan fingerprint density at radius 2 is 1.22 bits per heavy atom. The van der Waals surface area contributed by atoms with Crippen molar-refractivity contribution in [1.29, 1.82) is 0 Å². The number of piperazine rings is 1. The van der Waals surface area contributed by atoms with E-state index in [-0.39, 0.29) is 0 Å². The summed E-state index contributed by atoms with van der Waals surface area (Å²) < 4.78 is 78.0. The number of rotatable bonds is 4. The van der Waals surface area contributed by atoms with E-state index in [0.717, 1.165) is 17.7 Å². The van der Waals surface area contributed by atoms with E-state index in [4.69, 9.17) is 5.11 Å². The van der Waals surface area contributed by atoms with Gasteiger partial charge in [0.05, 0.1) is 0 Å². The second-order valence-corrected chi connectivity index (χ2v) is 7.53. The number of halogens is 6. The fraction of sp³-hybridized carbons (Fsp3) is 0.381. The van der Waals surface area contributed by atoms with E-state index < -0.39 is 29.6 Å². The maximum absolute atomic E-state index is 13.0. The minimum absolute atomic E-state index is 0.391. The molecule has 1 saturated heterocycles. The zero-order valence-corrected chi connectivity index (χ0v) is 16.6. The summed E-state index contributed by atoms with van der Waals surface area (Å²) in [6.45, 7) is 2.55. The Kier molecular flexibility index (Phi) is 6.43. The van der Waals surface area contributed by atoms with Crippen molar-refractivity contribution in [3.05, 3.63) is 59.7 Å². The van der Waals surface area contributed by atoms with Gasteiger partial charge < -0.3 is 15.1 Å². The van der Waals surface area contributed by atoms with E-state index in [1.807, 2.05) is 0 Å². The molecular weight excluding hydrogens is 442 g/mol. The molecule has 5 nitrogen and oxygen atoms in total. The molecule has 0 aliphatic carbocycles. The predicted molar refractivity (Wildman–Crippen MR) is 103 cm³/mol. The van der Waals surface area contributed by atoms with Gasteiger partial charge >= 0.3 is 18.4 Å². The number of alkyl halides is 6. The Morgan fingerprint density at radius 3 is 1.62 bits per heavy atom. The van der Waals surface area contributed by atoms with Crippen LogP contribution in [0, 0.1) is 0 Å². The van der Waals surface area contributed by atoms with E-state index in [1.165, 1.54) is 4.90 Å². The van der Waals surface area contributed by atoms with Gasteiger partial charge in [0, 0.05) is 38.3 Å². The molecule has 1 heterocycles. The van der Waals surface area contributed by atoms with Crippen molar-refractivity contribution in [2.45, 2.75) is 24.5 Å². The lowest BCUT2D eigenvalue weighted by atomic mass is 9.90. The molecule has 3 rings (SSSR count). The van der Waals surface area contributed by atoms with Crippen LogP contribution in [0.2, 0.25) is 0 Å². The number of amides is 1. The van der Waals surface area contributed by atoms with Gasteiger partial charge in [0.1, 0.15) is 0 Å². The third kappa shape index (κ3) is 4.68. The number of aliphatic hydroxyl groups is 1. The quantitative estimate of drug-likeness (QED) is 0.659. The highest BCUT2D eigenvalue weighted by molar-refractivity contribution is 5.65. The summed E-state index contributed by atoms with van der Waals surface area (Å²) in [7, 11) is 0. The summed E-state index contributed by atoms with van der Waals surface area (Å²) in [5.74, 6) is 0. The van der Waals surface area contributed by atoms with Crippen molar-refractivity contribution in [3.8, 4) is 11.1 Å². The molecule has 0 aromatic heterocycles. The van der Waals surface area contributed by atoms with Gasteiger partial charge in [-0.05, 0) is 16.7 Å². The molecule has 1 aliphatic rings. The lowest BCUT2D eigenvalue weighted by Gasteiger charge is -2.33. The van der Waals surface area contributed by atoms with Crippen LogP contribution >= 0.6 is 0 Å². The summed E-state index contributed by atoms with van der Waals surface area (Å²) in [5.41, 5.74) is -4.36. The van der Waals surface area contributed by atoms with Crippen LogP contribution in [-0.4, -0.2) is 64.6 Å². The van der Waals surface area contributed by atoms with Crippen LogP contribution in [-0.2, 0) is 12.1 Å². The maximum Gasteiger partial charge on any atom is 0.430 e. The Balaban J connectivity index is 1.71. The Labute approximate surface area is 179 Å². The fourth-order valence-corrected chi connectivity index (χ4v) is 3.55. The fourth-order valence-electron chi connectivity index (χ4n) is 3.55. The molecule has 2 N–H and O–H groups in total. The van der Waals surface area contributed by atoms with Crippen molar-refractivity contribution in [2.75, 3.05) is 26.2 Å². The molecule has 32 heavy (non-hydrogen) atoms. The van der Waals surface area contributed by atoms with E-state index >= 15 is 0 Å². The van der Waals surface area contributed by atoms with Crippen LogP contribution in [0.4, 0.5) is 31.1 Å². The largest absolute Gasteiger partial charge is 0.465 e. The second kappa shape index (κ2) is 8.62. The van der Waals surface area contributed by atoms with Crippen LogP contribution in [0.1, 0.15) is 11.1 Å². The van der Waals surface area contributed by atoms with Gasteiger partial charge in [-0.3, -0.25) is 4.90 Å². The van der Waals surface area contributed by atoms with Gasteiger partial charge in [0.25, 0.3) is 5.60 Å². The molecule has 0 unspecified atom stereocenters. The zero-order valence-electron chi connectivity index (χ0n) is 16.6. The minimum Gasteiger partial charge on any atom is -0.465 e. The highest BCUT2D eigenvalue weighted by Crippen LogP contribution is 2.50. The molecule has 0 radical (unpaired) electrons. The number of nitrogens with zero attached hydrogens (tertiary/aromatic N) is 2. The molecule has 1 amide bonds. The van der Waals surface area contributed by atoms with Crippen molar-refractivity contribution in [3.63, 3.8) is 0 Å². The standard InChI is InChI=1S/C21H20F6N2O3/c22-20(23,24)19(32,21(25,26)27)17-7-5-16(6-8-17)15-3-1-14(2-4-15)13-28-9-11-29(12-10-28)18(30)31/h1-8,32H,9-13H2,(H,30,31). The number of hydrogen-bond donors (Lipinski definition) is 2. The van der Waals surface area contributed by atoms with Gasteiger partial charge in [0.15, 0.2) is 0 Å². The van der Waals surface area contributed by atoms with Crippen molar-refractivity contribution in [2.24, 2.45) is 0 Å². The van der Waals surface area contributed by atoms with E-state index in [0.29, 0.717) is 56.0 Å². The molecule has 0 saturated carbocycles. The molecule has 11 heteroatoms. The van der Waals surface area contributed by atoms with Crippen LogP contribution < -0.4 is 0 Å². The average molecular weight is 462 g/mol. The molecular formula is C21H20F6N2O3. The number of hydrogen-bond acceptors (Lipinski definition) is 3. The molecule has 174 valence electrons. The molecule has 2 aromatic carbocycles. The summed E-state index contributed by atoms with van der Waals surface area (Å²) >= 11 is 0. The Bertz CT molecular complexity index is 920. The number of carbonyl (C=O) groups is 1. The van der Waals surface area contributed by atoms with Crippen LogP contribution in [0.15, 0.2) is 48.5 Å². The monoisotopic (exact) mass is 462 g/mol. The lowest BCUT2D eigenvalue weighted by molar-refractivity contribution is -0.376. The third-order valence-corrected chi connectivity index (χ3v) is 5.46. The highest BCUT2D eigenvalue weighted by Gasteiger charge is 2.71. The van der Waals surface area contributed by atoms with E-state index in [1.54, 1.807) is 24.3 Å². The van der Waals surface area contributed by atoms with Crippen LogP contribution in [0.5, 0.6) is 0 Å². The van der Waals surface area contributed by atoms with Gasteiger partial charge in [-0.2, -0.15) is 26.3 Å². The first-order chi connectivity index (χ1) is 14.8. The average Bonchev–Trinajstić information content (AvgIpc) is 2.72. The van der Waals surface area contributed by atoms with Crippen LogP contribution in [0.25, 0.3) is 11.1 Å². The molecule has 2 aromatic rings. The van der Waals surface area contributed by atoms with Gasteiger partial charge in [-0.25, -0.2) is 4.79 Å². The molecule has 0 atom stereocenters. The summed E-state index contributed by atoms with van der Waals surface area (Å²) in [6, 6.07) is 10.4. The first kappa shape index (κ1) is 23.9. The summed E-state index contributed by atoms with van der Waals surface area (Å²) in [5, 5.41) is 18.4. The molecule has 0 bridgehead atoms. The predicted octanol–water partition coefficient (Wildman–Crippen LogP) is 4.46. The Hall–Kier alpha value is -2.79. The highest BCUT2D eigenvalue weighted by atomic mass is 19.4. The van der Waals surface area contributed by atoms with Gasteiger partial charge in [-0.15, -0.1) is 0 Å². The second-order valence-electron chi connectivity index (χ2n) is 7.53. The third-order valence-electron chi connectivity index (χ3n) is 5.46. The maximum atomic E-state index is 13.0. The van der Waals surface area contributed by atoms with E-state index in [9.17, 15) is 36.2 Å². The summed E-state index contributed by atoms with van der Waals surface area (Å²) in [6.07, 6.45) is -12.8. The first-order valence-electron chi connectivity index (χ1n) is 9.59. The number of benzene rings is 2. The Morgan fingerprint density at radius 1 is 0.781 bits per heavy atom.